The SMILES string of the molecule is C[C@H]1C[C@@H]2[C@H]([C@@H](O)C[C@]3(C)[C@@H](C(O)CO)CC[C@@H]23)[C@@]2(C)C=CC(=O)C=C12. The first-order valence-corrected chi connectivity index (χ1v) is 10.1. The van der Waals surface area contributed by atoms with Crippen LogP contribution >= 0.6 is 0 Å². The van der Waals surface area contributed by atoms with Crippen LogP contribution in [0.2, 0.25) is 0 Å². The van der Waals surface area contributed by atoms with Crippen LogP contribution in [0.5, 0.6) is 0 Å². The van der Waals surface area contributed by atoms with Crippen LogP contribution in [0.15, 0.2) is 23.8 Å². The van der Waals surface area contributed by atoms with E-state index in [-0.39, 0.29) is 35.1 Å². The third-order valence-electron chi connectivity index (χ3n) is 8.54. The number of carbonyl (C=O) groups excluding carboxylic acids is 1. The van der Waals surface area contributed by atoms with Crippen molar-refractivity contribution in [3.8, 4) is 0 Å². The number of fused-ring (bicyclic) bond motifs is 5. The summed E-state index contributed by atoms with van der Waals surface area (Å²) in [6, 6.07) is 0. The molecule has 0 aliphatic heterocycles. The summed E-state index contributed by atoms with van der Waals surface area (Å²) in [7, 11) is 0. The van der Waals surface area contributed by atoms with Crippen molar-refractivity contribution in [2.75, 3.05) is 6.61 Å². The number of hydrogen-bond donors (Lipinski definition) is 3. The van der Waals surface area contributed by atoms with Crippen molar-refractivity contribution >= 4 is 5.78 Å². The molecule has 0 bridgehead atoms. The monoisotopic (exact) mass is 360 g/mol. The van der Waals surface area contributed by atoms with Gasteiger partial charge >= 0.3 is 0 Å². The van der Waals surface area contributed by atoms with Crippen molar-refractivity contribution in [1.29, 1.82) is 0 Å². The molecule has 0 radical (unpaired) electrons. The van der Waals surface area contributed by atoms with Gasteiger partial charge in [-0.25, -0.2) is 0 Å². The lowest BCUT2D eigenvalue weighted by Gasteiger charge is -2.60. The van der Waals surface area contributed by atoms with Gasteiger partial charge in [0.25, 0.3) is 0 Å². The summed E-state index contributed by atoms with van der Waals surface area (Å²) in [5.74, 6) is 1.40. The molecule has 4 rings (SSSR count). The molecule has 0 spiro atoms. The fraction of sp³-hybridized carbons (Fsp3) is 0.773. The van der Waals surface area contributed by atoms with E-state index in [2.05, 4.69) is 20.8 Å². The van der Waals surface area contributed by atoms with E-state index in [4.69, 9.17) is 0 Å². The van der Waals surface area contributed by atoms with Crippen LogP contribution in [-0.2, 0) is 4.79 Å². The number of rotatable bonds is 2. The summed E-state index contributed by atoms with van der Waals surface area (Å²) in [6.45, 7) is 6.41. The fourth-order valence-corrected chi connectivity index (χ4v) is 7.55. The molecule has 9 atom stereocenters. The Hall–Kier alpha value is -0.970. The number of hydrogen-bond acceptors (Lipinski definition) is 4. The topological polar surface area (TPSA) is 77.8 Å². The number of aliphatic hydroxyl groups is 3. The van der Waals surface area contributed by atoms with Crippen LogP contribution in [-0.4, -0.2) is 39.9 Å². The summed E-state index contributed by atoms with van der Waals surface area (Å²) in [5, 5.41) is 31.1. The maximum Gasteiger partial charge on any atom is 0.178 e. The highest BCUT2D eigenvalue weighted by atomic mass is 16.3. The Morgan fingerprint density at radius 2 is 2.04 bits per heavy atom. The smallest absolute Gasteiger partial charge is 0.178 e. The molecule has 4 heteroatoms. The minimum atomic E-state index is -0.701. The van der Waals surface area contributed by atoms with Gasteiger partial charge in [0.05, 0.1) is 18.8 Å². The highest BCUT2D eigenvalue weighted by molar-refractivity contribution is 6.01. The normalized spacial score (nSPS) is 51.3. The predicted octanol–water partition coefficient (Wildman–Crippen LogP) is 2.48. The van der Waals surface area contributed by atoms with Gasteiger partial charge in [-0.15, -0.1) is 0 Å². The van der Waals surface area contributed by atoms with Crippen LogP contribution in [0.1, 0.15) is 46.5 Å². The average molecular weight is 360 g/mol. The molecule has 26 heavy (non-hydrogen) atoms. The van der Waals surface area contributed by atoms with E-state index in [1.165, 1.54) is 5.57 Å². The van der Waals surface area contributed by atoms with Crippen LogP contribution in [0.3, 0.4) is 0 Å². The Morgan fingerprint density at radius 1 is 1.31 bits per heavy atom. The first-order chi connectivity index (χ1) is 12.2. The van der Waals surface area contributed by atoms with Crippen LogP contribution in [0.25, 0.3) is 0 Å². The summed E-state index contributed by atoms with van der Waals surface area (Å²) in [5.41, 5.74) is 0.790. The van der Waals surface area contributed by atoms with Gasteiger partial charge in [-0.2, -0.15) is 0 Å². The van der Waals surface area contributed by atoms with Crippen molar-refractivity contribution in [3.05, 3.63) is 23.8 Å². The van der Waals surface area contributed by atoms with Gasteiger partial charge in [0.1, 0.15) is 0 Å². The van der Waals surface area contributed by atoms with E-state index in [1.807, 2.05) is 6.08 Å². The zero-order valence-corrected chi connectivity index (χ0v) is 16.1. The second-order valence-corrected chi connectivity index (χ2v) is 9.76. The molecule has 3 N–H and O–H groups in total. The molecule has 1 unspecified atom stereocenters. The molecule has 4 aliphatic carbocycles. The van der Waals surface area contributed by atoms with E-state index in [0.717, 1.165) is 19.3 Å². The van der Waals surface area contributed by atoms with Crippen molar-refractivity contribution in [2.24, 2.45) is 40.4 Å². The lowest BCUT2D eigenvalue weighted by atomic mass is 9.45. The van der Waals surface area contributed by atoms with Gasteiger partial charge in [0.15, 0.2) is 5.78 Å². The van der Waals surface area contributed by atoms with Crippen molar-refractivity contribution in [2.45, 2.75) is 58.7 Å². The van der Waals surface area contributed by atoms with Gasteiger partial charge in [-0.05, 0) is 66.9 Å². The third-order valence-corrected chi connectivity index (χ3v) is 8.54. The van der Waals surface area contributed by atoms with Gasteiger partial charge < -0.3 is 15.3 Å². The second-order valence-electron chi connectivity index (χ2n) is 9.76. The number of carbonyl (C=O) groups is 1. The Kier molecular flexibility index (Phi) is 4.26. The number of ketones is 1. The Bertz CT molecular complexity index is 667. The average Bonchev–Trinajstić information content (AvgIpc) is 2.92. The largest absolute Gasteiger partial charge is 0.394 e. The van der Waals surface area contributed by atoms with Gasteiger partial charge in [0.2, 0.25) is 0 Å². The molecule has 0 aromatic heterocycles. The van der Waals surface area contributed by atoms with Crippen molar-refractivity contribution < 1.29 is 20.1 Å². The van der Waals surface area contributed by atoms with Crippen LogP contribution in [0, 0.1) is 40.4 Å². The highest BCUT2D eigenvalue weighted by Crippen LogP contribution is 2.67. The molecular weight excluding hydrogens is 328 g/mol. The molecule has 0 saturated heterocycles. The Morgan fingerprint density at radius 3 is 2.73 bits per heavy atom. The van der Waals surface area contributed by atoms with Crippen molar-refractivity contribution in [3.63, 3.8) is 0 Å². The van der Waals surface area contributed by atoms with Gasteiger partial charge in [-0.3, -0.25) is 4.79 Å². The molecule has 0 aromatic carbocycles. The maximum absolute atomic E-state index is 12.0. The lowest BCUT2D eigenvalue weighted by Crippen LogP contribution is -2.58. The number of allylic oxidation sites excluding steroid dienone is 4. The summed E-state index contributed by atoms with van der Waals surface area (Å²) < 4.78 is 0. The van der Waals surface area contributed by atoms with Crippen LogP contribution in [0.4, 0.5) is 0 Å². The quantitative estimate of drug-likeness (QED) is 0.707. The molecule has 0 amide bonds. The summed E-state index contributed by atoms with van der Waals surface area (Å²) in [6.07, 6.45) is 7.99. The first kappa shape index (κ1) is 18.4. The molecule has 4 aliphatic rings. The maximum atomic E-state index is 12.0. The van der Waals surface area contributed by atoms with E-state index < -0.39 is 12.2 Å². The molecule has 4 nitrogen and oxygen atoms in total. The zero-order chi connectivity index (χ0) is 18.9. The van der Waals surface area contributed by atoms with E-state index in [0.29, 0.717) is 24.2 Å². The standard InChI is InChI=1S/C22H32O4/c1-12-8-14-15-4-5-16(19(26)11-23)22(15,3)10-18(25)20(14)21(2)7-6-13(24)9-17(12)21/h6-7,9,12,14-16,18-20,23,25-26H,4-5,8,10-11H2,1-3H3/t12-,14-,15-,16+,18-,19?,20+,21-,22-/m0/s1. The van der Waals surface area contributed by atoms with E-state index in [9.17, 15) is 20.1 Å². The molecule has 0 heterocycles. The Balaban J connectivity index is 1.74. The zero-order valence-electron chi connectivity index (χ0n) is 16.1. The molecule has 3 fully saturated rings. The lowest BCUT2D eigenvalue weighted by molar-refractivity contribution is -0.136. The van der Waals surface area contributed by atoms with E-state index in [1.54, 1.807) is 12.2 Å². The van der Waals surface area contributed by atoms with E-state index >= 15 is 0 Å². The molecular formula is C22H32O4. The summed E-state index contributed by atoms with van der Waals surface area (Å²) in [4.78, 5) is 12.0. The van der Waals surface area contributed by atoms with Gasteiger partial charge in [-0.1, -0.05) is 32.4 Å². The minimum absolute atomic E-state index is 0.0524. The first-order valence-electron chi connectivity index (χ1n) is 10.1. The highest BCUT2D eigenvalue weighted by Gasteiger charge is 2.63. The third kappa shape index (κ3) is 2.35. The minimum Gasteiger partial charge on any atom is -0.394 e. The molecule has 144 valence electrons. The molecule has 0 aromatic rings. The van der Waals surface area contributed by atoms with Gasteiger partial charge in [0, 0.05) is 11.3 Å². The predicted molar refractivity (Wildman–Crippen MR) is 99.1 cm³/mol. The van der Waals surface area contributed by atoms with Crippen LogP contribution < -0.4 is 0 Å². The second kappa shape index (κ2) is 6.02. The van der Waals surface area contributed by atoms with Crippen molar-refractivity contribution in [1.82, 2.24) is 0 Å². The Labute approximate surface area is 156 Å². The summed E-state index contributed by atoms with van der Waals surface area (Å²) >= 11 is 0. The fourth-order valence-electron chi connectivity index (χ4n) is 7.55. The number of aliphatic hydroxyl groups excluding tert-OH is 3. The molecule has 3 saturated carbocycles.